The summed E-state index contributed by atoms with van der Waals surface area (Å²) in [5.74, 6) is 1.93. The second-order valence-electron chi connectivity index (χ2n) is 10.5. The first-order valence-electron chi connectivity index (χ1n) is 14.3. The summed E-state index contributed by atoms with van der Waals surface area (Å²) in [4.78, 5) is 19.2. The lowest BCUT2D eigenvalue weighted by Crippen LogP contribution is -2.00. The maximum Gasteiger partial charge on any atom is 0.164 e. The summed E-state index contributed by atoms with van der Waals surface area (Å²) < 4.78 is 0. The lowest BCUT2D eigenvalue weighted by molar-refractivity contribution is 1.07. The van der Waals surface area contributed by atoms with Gasteiger partial charge < -0.3 is 0 Å². The SMILES string of the molecule is Cc1ccc(-c2cc(-c3ccc(-c4cccnc4)cc3)cc(-c3nc(-c4ccccc4)nc(-c4ccccc4)n3)c2)cc1. The Kier molecular flexibility index (Phi) is 7.08. The van der Waals surface area contributed by atoms with Gasteiger partial charge in [-0.25, -0.2) is 15.0 Å². The molecule has 0 aliphatic rings. The molecule has 0 amide bonds. The number of aromatic nitrogens is 4. The predicted molar refractivity (Wildman–Crippen MR) is 175 cm³/mol. The maximum absolute atomic E-state index is 5.01. The van der Waals surface area contributed by atoms with Crippen LogP contribution in [0, 0.1) is 6.92 Å². The van der Waals surface area contributed by atoms with Gasteiger partial charge in [0.15, 0.2) is 17.5 Å². The highest BCUT2D eigenvalue weighted by Gasteiger charge is 2.15. The summed E-state index contributed by atoms with van der Waals surface area (Å²) in [7, 11) is 0. The van der Waals surface area contributed by atoms with E-state index in [1.807, 2.05) is 72.9 Å². The van der Waals surface area contributed by atoms with Gasteiger partial charge >= 0.3 is 0 Å². The van der Waals surface area contributed by atoms with Gasteiger partial charge in [0.05, 0.1) is 0 Å². The van der Waals surface area contributed by atoms with Gasteiger partial charge in [0, 0.05) is 29.1 Å². The van der Waals surface area contributed by atoms with Gasteiger partial charge in [-0.2, -0.15) is 0 Å². The number of rotatable bonds is 6. The second-order valence-corrected chi connectivity index (χ2v) is 10.5. The third-order valence-corrected chi connectivity index (χ3v) is 7.49. The van der Waals surface area contributed by atoms with E-state index in [0.717, 1.165) is 50.1 Å². The third kappa shape index (κ3) is 5.72. The summed E-state index contributed by atoms with van der Waals surface area (Å²) in [5, 5.41) is 0. The van der Waals surface area contributed by atoms with Crippen molar-refractivity contribution in [1.82, 2.24) is 19.9 Å². The highest BCUT2D eigenvalue weighted by molar-refractivity contribution is 5.81. The van der Waals surface area contributed by atoms with Crippen molar-refractivity contribution >= 4 is 0 Å². The molecule has 0 aliphatic carbocycles. The van der Waals surface area contributed by atoms with Crippen molar-refractivity contribution in [2.45, 2.75) is 6.92 Å². The van der Waals surface area contributed by atoms with Crippen molar-refractivity contribution in [3.8, 4) is 67.5 Å². The van der Waals surface area contributed by atoms with Crippen LogP contribution in [-0.4, -0.2) is 19.9 Å². The molecule has 0 spiro atoms. The molecule has 0 unspecified atom stereocenters. The Morgan fingerprint density at radius 3 is 1.26 bits per heavy atom. The van der Waals surface area contributed by atoms with Crippen molar-refractivity contribution in [2.75, 3.05) is 0 Å². The zero-order valence-electron chi connectivity index (χ0n) is 23.7. The van der Waals surface area contributed by atoms with Crippen LogP contribution < -0.4 is 0 Å². The third-order valence-electron chi connectivity index (χ3n) is 7.49. The summed E-state index contributed by atoms with van der Waals surface area (Å²) in [6, 6.07) is 48.0. The molecule has 2 heterocycles. The smallest absolute Gasteiger partial charge is 0.164 e. The van der Waals surface area contributed by atoms with Crippen molar-refractivity contribution in [1.29, 1.82) is 0 Å². The van der Waals surface area contributed by atoms with Crippen molar-refractivity contribution in [3.05, 3.63) is 157 Å². The highest BCUT2D eigenvalue weighted by atomic mass is 15.0. The highest BCUT2D eigenvalue weighted by Crippen LogP contribution is 2.34. The Balaban J connectivity index is 1.40. The largest absolute Gasteiger partial charge is 0.264 e. The van der Waals surface area contributed by atoms with Crippen LogP contribution in [0.5, 0.6) is 0 Å². The zero-order valence-corrected chi connectivity index (χ0v) is 23.7. The lowest BCUT2D eigenvalue weighted by atomic mass is 9.94. The molecule has 0 aliphatic heterocycles. The van der Waals surface area contributed by atoms with Gasteiger partial charge in [0.25, 0.3) is 0 Å². The van der Waals surface area contributed by atoms with Crippen LogP contribution in [0.15, 0.2) is 152 Å². The van der Waals surface area contributed by atoms with Gasteiger partial charge in [0.1, 0.15) is 0 Å². The molecule has 4 nitrogen and oxygen atoms in total. The number of aryl methyl sites for hydroxylation is 1. The Bertz CT molecular complexity index is 1930. The van der Waals surface area contributed by atoms with Crippen LogP contribution in [0.1, 0.15) is 5.56 Å². The van der Waals surface area contributed by atoms with E-state index in [1.54, 1.807) is 6.20 Å². The van der Waals surface area contributed by atoms with Gasteiger partial charge in [-0.3, -0.25) is 4.98 Å². The Labute approximate surface area is 251 Å². The first-order valence-corrected chi connectivity index (χ1v) is 14.3. The Morgan fingerprint density at radius 2 is 0.767 bits per heavy atom. The monoisotopic (exact) mass is 552 g/mol. The molecule has 0 fully saturated rings. The van der Waals surface area contributed by atoms with E-state index in [9.17, 15) is 0 Å². The molecular weight excluding hydrogens is 524 g/mol. The minimum atomic E-state index is 0.634. The van der Waals surface area contributed by atoms with Gasteiger partial charge in [-0.1, -0.05) is 121 Å². The van der Waals surface area contributed by atoms with Gasteiger partial charge in [-0.05, 0) is 64.6 Å². The molecule has 7 aromatic rings. The summed E-state index contributed by atoms with van der Waals surface area (Å²) in [6.07, 6.45) is 3.68. The summed E-state index contributed by atoms with van der Waals surface area (Å²) in [6.45, 7) is 2.11. The van der Waals surface area contributed by atoms with Crippen molar-refractivity contribution in [2.24, 2.45) is 0 Å². The molecule has 0 saturated carbocycles. The van der Waals surface area contributed by atoms with Gasteiger partial charge in [0.2, 0.25) is 0 Å². The van der Waals surface area contributed by atoms with Crippen LogP contribution in [0.25, 0.3) is 67.5 Å². The average molecular weight is 553 g/mol. The number of hydrogen-bond donors (Lipinski definition) is 0. The average Bonchev–Trinajstić information content (AvgIpc) is 3.09. The van der Waals surface area contributed by atoms with E-state index in [-0.39, 0.29) is 0 Å². The van der Waals surface area contributed by atoms with Crippen LogP contribution in [-0.2, 0) is 0 Å². The quantitative estimate of drug-likeness (QED) is 0.206. The molecule has 7 rings (SSSR count). The summed E-state index contributed by atoms with van der Waals surface area (Å²) in [5.41, 5.74) is 10.7. The predicted octanol–water partition coefficient (Wildman–Crippen LogP) is 9.58. The minimum absolute atomic E-state index is 0.634. The minimum Gasteiger partial charge on any atom is -0.264 e. The fourth-order valence-corrected chi connectivity index (χ4v) is 5.16. The topological polar surface area (TPSA) is 51.6 Å². The molecule has 5 aromatic carbocycles. The molecule has 0 radical (unpaired) electrons. The first kappa shape index (κ1) is 26.2. The van der Waals surface area contributed by atoms with Crippen molar-refractivity contribution < 1.29 is 0 Å². The molecule has 2 aromatic heterocycles. The molecule has 0 N–H and O–H groups in total. The van der Waals surface area contributed by atoms with Crippen LogP contribution in [0.4, 0.5) is 0 Å². The Morgan fingerprint density at radius 1 is 0.349 bits per heavy atom. The first-order chi connectivity index (χ1) is 21.2. The molecule has 204 valence electrons. The molecule has 43 heavy (non-hydrogen) atoms. The molecule has 0 bridgehead atoms. The normalized spacial score (nSPS) is 10.9. The zero-order chi connectivity index (χ0) is 29.0. The van der Waals surface area contributed by atoms with Gasteiger partial charge in [-0.15, -0.1) is 0 Å². The molecule has 4 heteroatoms. The molecule has 0 atom stereocenters. The Hall–Kier alpha value is -5.74. The van der Waals surface area contributed by atoms with E-state index in [4.69, 9.17) is 15.0 Å². The maximum atomic E-state index is 5.01. The second kappa shape index (κ2) is 11.6. The number of pyridine rings is 1. The van der Waals surface area contributed by atoms with E-state index < -0.39 is 0 Å². The van der Waals surface area contributed by atoms with E-state index in [0.29, 0.717) is 17.5 Å². The summed E-state index contributed by atoms with van der Waals surface area (Å²) >= 11 is 0. The number of hydrogen-bond acceptors (Lipinski definition) is 4. The molecular formula is C39H28N4. The number of benzene rings is 5. The fraction of sp³-hybridized carbons (Fsp3) is 0.0256. The lowest BCUT2D eigenvalue weighted by Gasteiger charge is -2.13. The fourth-order valence-electron chi connectivity index (χ4n) is 5.16. The van der Waals surface area contributed by atoms with Crippen LogP contribution in [0.2, 0.25) is 0 Å². The molecule has 0 saturated heterocycles. The van der Waals surface area contributed by atoms with Crippen molar-refractivity contribution in [3.63, 3.8) is 0 Å². The number of nitrogens with zero attached hydrogens (tertiary/aromatic N) is 4. The van der Waals surface area contributed by atoms with E-state index in [2.05, 4.69) is 84.7 Å². The standard InChI is InChI=1S/C39H28N4/c1-27-14-16-29(17-15-27)34-23-35(30-20-18-28(19-21-30)33-13-8-22-40-26-33)25-36(24-34)39-42-37(31-9-4-2-5-10-31)41-38(43-39)32-11-6-3-7-12-32/h2-26H,1H3. The van der Waals surface area contributed by atoms with Crippen LogP contribution in [0.3, 0.4) is 0 Å². The van der Waals surface area contributed by atoms with E-state index in [1.165, 1.54) is 5.56 Å². The van der Waals surface area contributed by atoms with Crippen LogP contribution >= 0.6 is 0 Å². The van der Waals surface area contributed by atoms with E-state index >= 15 is 0 Å².